The van der Waals surface area contributed by atoms with E-state index in [1.807, 2.05) is 0 Å². The third kappa shape index (κ3) is 3.23. The highest BCUT2D eigenvalue weighted by molar-refractivity contribution is 5.78. The molecule has 0 amide bonds. The molecule has 26 heavy (non-hydrogen) atoms. The first-order valence-electron chi connectivity index (χ1n) is 7.45. The average Bonchev–Trinajstić information content (AvgIpc) is 3.19. The molecule has 0 aliphatic rings. The van der Waals surface area contributed by atoms with Gasteiger partial charge in [-0.1, -0.05) is 5.16 Å². The molecule has 0 N–H and O–H groups in total. The van der Waals surface area contributed by atoms with Gasteiger partial charge in [0.05, 0.1) is 0 Å². The van der Waals surface area contributed by atoms with Gasteiger partial charge in [0, 0.05) is 18.1 Å². The van der Waals surface area contributed by atoms with Crippen molar-refractivity contribution in [1.29, 1.82) is 0 Å². The summed E-state index contributed by atoms with van der Waals surface area (Å²) in [5, 5.41) is 3.90. The average molecular weight is 361 g/mol. The van der Waals surface area contributed by atoms with Crippen LogP contribution in [0.3, 0.4) is 0 Å². The van der Waals surface area contributed by atoms with Crippen molar-refractivity contribution >= 4 is 11.1 Å². The van der Waals surface area contributed by atoms with Crippen molar-refractivity contribution in [3.8, 4) is 28.6 Å². The highest BCUT2D eigenvalue weighted by Crippen LogP contribution is 2.28. The molecule has 0 spiro atoms. The topological polar surface area (TPSA) is 74.2 Å². The Morgan fingerprint density at radius 1 is 0.962 bits per heavy atom. The van der Waals surface area contributed by atoms with Gasteiger partial charge in [0.15, 0.2) is 11.5 Å². The van der Waals surface area contributed by atoms with Crippen LogP contribution in [0.25, 0.3) is 33.9 Å². The molecule has 2 heterocycles. The molecule has 9 heteroatoms. The standard InChI is InChI=1S/C17H10F3N3O3/c1-9-21-13-8-11(4-7-14(13)24-9)15-22-16(26-23-15)10-2-5-12(6-3-10)25-17(18,19)20/h2-8H,1H3. The molecule has 4 rings (SSSR count). The monoisotopic (exact) mass is 361 g/mol. The summed E-state index contributed by atoms with van der Waals surface area (Å²) >= 11 is 0. The van der Waals surface area contributed by atoms with Crippen molar-refractivity contribution in [2.45, 2.75) is 13.3 Å². The quantitative estimate of drug-likeness (QED) is 0.524. The number of aromatic nitrogens is 3. The number of rotatable bonds is 3. The Hall–Kier alpha value is -3.36. The van der Waals surface area contributed by atoms with E-state index >= 15 is 0 Å². The van der Waals surface area contributed by atoms with Gasteiger partial charge in [-0.2, -0.15) is 4.98 Å². The summed E-state index contributed by atoms with van der Waals surface area (Å²) in [4.78, 5) is 8.51. The van der Waals surface area contributed by atoms with E-state index in [4.69, 9.17) is 8.94 Å². The zero-order valence-electron chi connectivity index (χ0n) is 13.2. The minimum Gasteiger partial charge on any atom is -0.441 e. The van der Waals surface area contributed by atoms with Gasteiger partial charge in [-0.25, -0.2) is 4.98 Å². The molecule has 0 saturated carbocycles. The molecule has 0 atom stereocenters. The summed E-state index contributed by atoms with van der Waals surface area (Å²) in [5.74, 6) is 0.730. The van der Waals surface area contributed by atoms with Gasteiger partial charge >= 0.3 is 6.36 Å². The predicted octanol–water partition coefficient (Wildman–Crippen LogP) is 4.75. The Bertz CT molecular complexity index is 1070. The van der Waals surface area contributed by atoms with Crippen LogP contribution in [0.5, 0.6) is 5.75 Å². The Kier molecular flexibility index (Phi) is 3.64. The first kappa shape index (κ1) is 16.1. The van der Waals surface area contributed by atoms with Crippen molar-refractivity contribution in [3.63, 3.8) is 0 Å². The number of alkyl halides is 3. The zero-order valence-corrected chi connectivity index (χ0v) is 13.2. The third-order valence-corrected chi connectivity index (χ3v) is 3.51. The highest BCUT2D eigenvalue weighted by Gasteiger charge is 2.31. The number of fused-ring (bicyclic) bond motifs is 1. The molecule has 0 fully saturated rings. The largest absolute Gasteiger partial charge is 0.573 e. The summed E-state index contributed by atoms with van der Waals surface area (Å²) in [6.07, 6.45) is -4.74. The minimum absolute atomic E-state index is 0.176. The van der Waals surface area contributed by atoms with Gasteiger partial charge in [-0.05, 0) is 42.5 Å². The van der Waals surface area contributed by atoms with Gasteiger partial charge < -0.3 is 13.7 Å². The van der Waals surface area contributed by atoms with E-state index in [-0.39, 0.29) is 11.6 Å². The second-order valence-corrected chi connectivity index (χ2v) is 5.41. The van der Waals surface area contributed by atoms with Crippen molar-refractivity contribution < 1.29 is 26.8 Å². The van der Waals surface area contributed by atoms with Crippen LogP contribution in [0.1, 0.15) is 5.89 Å². The maximum atomic E-state index is 12.2. The van der Waals surface area contributed by atoms with E-state index in [0.29, 0.717) is 33.9 Å². The van der Waals surface area contributed by atoms with Gasteiger partial charge in [0.1, 0.15) is 11.3 Å². The maximum absolute atomic E-state index is 12.2. The molecule has 0 bridgehead atoms. The lowest BCUT2D eigenvalue weighted by molar-refractivity contribution is -0.274. The molecule has 0 radical (unpaired) electrons. The normalized spacial score (nSPS) is 11.8. The van der Waals surface area contributed by atoms with Crippen LogP contribution in [-0.4, -0.2) is 21.5 Å². The lowest BCUT2D eigenvalue weighted by atomic mass is 10.2. The third-order valence-electron chi connectivity index (χ3n) is 3.51. The smallest absolute Gasteiger partial charge is 0.441 e. The molecular weight excluding hydrogens is 351 g/mol. The second-order valence-electron chi connectivity index (χ2n) is 5.41. The molecule has 132 valence electrons. The fourth-order valence-corrected chi connectivity index (χ4v) is 2.44. The van der Waals surface area contributed by atoms with Crippen LogP contribution in [-0.2, 0) is 0 Å². The van der Waals surface area contributed by atoms with E-state index < -0.39 is 6.36 Å². The van der Waals surface area contributed by atoms with E-state index in [9.17, 15) is 13.2 Å². The predicted molar refractivity (Wildman–Crippen MR) is 84.2 cm³/mol. The Morgan fingerprint density at radius 2 is 1.69 bits per heavy atom. The molecule has 0 aliphatic carbocycles. The molecule has 6 nitrogen and oxygen atoms in total. The summed E-state index contributed by atoms with van der Waals surface area (Å²) in [5.41, 5.74) is 2.46. The SMILES string of the molecule is Cc1nc2cc(-c3noc(-c4ccc(OC(F)(F)F)cc4)n3)ccc2o1. The molecule has 0 aliphatic heterocycles. The van der Waals surface area contributed by atoms with Crippen LogP contribution in [0.15, 0.2) is 51.4 Å². The molecule has 2 aromatic heterocycles. The summed E-state index contributed by atoms with van der Waals surface area (Å²) in [6.45, 7) is 1.75. The van der Waals surface area contributed by atoms with Crippen molar-refractivity contribution in [3.05, 3.63) is 48.4 Å². The fourth-order valence-electron chi connectivity index (χ4n) is 2.44. The lowest BCUT2D eigenvalue weighted by Crippen LogP contribution is -2.16. The van der Waals surface area contributed by atoms with E-state index in [0.717, 1.165) is 0 Å². The number of benzene rings is 2. The van der Waals surface area contributed by atoms with Gasteiger partial charge in [0.2, 0.25) is 5.82 Å². The van der Waals surface area contributed by atoms with Gasteiger partial charge in [-0.15, -0.1) is 13.2 Å². The Labute approximate surface area is 144 Å². The first-order valence-corrected chi connectivity index (χ1v) is 7.45. The summed E-state index contributed by atoms with van der Waals surface area (Å²) < 4.78 is 51.0. The fraction of sp³-hybridized carbons (Fsp3) is 0.118. The lowest BCUT2D eigenvalue weighted by Gasteiger charge is -2.08. The van der Waals surface area contributed by atoms with E-state index in [2.05, 4.69) is 19.9 Å². The summed E-state index contributed by atoms with van der Waals surface area (Å²) in [7, 11) is 0. The molecular formula is C17H10F3N3O3. The second kappa shape index (κ2) is 5.87. The number of hydrogen-bond acceptors (Lipinski definition) is 6. The molecule has 0 unspecified atom stereocenters. The zero-order chi connectivity index (χ0) is 18.3. The van der Waals surface area contributed by atoms with Crippen LogP contribution >= 0.6 is 0 Å². The van der Waals surface area contributed by atoms with Crippen LogP contribution in [0.2, 0.25) is 0 Å². The number of aryl methyl sites for hydroxylation is 1. The van der Waals surface area contributed by atoms with E-state index in [1.54, 1.807) is 25.1 Å². The van der Waals surface area contributed by atoms with Crippen molar-refractivity contribution in [2.24, 2.45) is 0 Å². The number of oxazole rings is 1. The number of nitrogens with zero attached hydrogens (tertiary/aromatic N) is 3. The van der Waals surface area contributed by atoms with E-state index in [1.165, 1.54) is 24.3 Å². The Balaban J connectivity index is 1.60. The molecule has 4 aromatic rings. The number of hydrogen-bond donors (Lipinski definition) is 0. The molecule has 0 saturated heterocycles. The van der Waals surface area contributed by atoms with Crippen LogP contribution in [0, 0.1) is 6.92 Å². The minimum atomic E-state index is -4.74. The number of halogens is 3. The van der Waals surface area contributed by atoms with Crippen molar-refractivity contribution in [1.82, 2.24) is 15.1 Å². The Morgan fingerprint density at radius 3 is 2.42 bits per heavy atom. The van der Waals surface area contributed by atoms with Gasteiger partial charge in [-0.3, -0.25) is 0 Å². The molecule has 2 aromatic carbocycles. The van der Waals surface area contributed by atoms with Crippen molar-refractivity contribution in [2.75, 3.05) is 0 Å². The first-order chi connectivity index (χ1) is 12.4. The highest BCUT2D eigenvalue weighted by atomic mass is 19.4. The maximum Gasteiger partial charge on any atom is 0.573 e. The van der Waals surface area contributed by atoms with Crippen LogP contribution in [0.4, 0.5) is 13.2 Å². The number of ether oxygens (including phenoxy) is 1. The summed E-state index contributed by atoms with van der Waals surface area (Å²) in [6, 6.07) is 10.4. The van der Waals surface area contributed by atoms with Crippen LogP contribution < -0.4 is 4.74 Å². The van der Waals surface area contributed by atoms with Gasteiger partial charge in [0.25, 0.3) is 5.89 Å².